The summed E-state index contributed by atoms with van der Waals surface area (Å²) in [5, 5.41) is 9.75. The predicted molar refractivity (Wildman–Crippen MR) is 76.9 cm³/mol. The van der Waals surface area contributed by atoms with Crippen molar-refractivity contribution in [2.24, 2.45) is 0 Å². The summed E-state index contributed by atoms with van der Waals surface area (Å²) in [5.74, 6) is -0.697. The number of benzene rings is 2. The first kappa shape index (κ1) is 13.9. The van der Waals surface area contributed by atoms with Gasteiger partial charge in [-0.1, -0.05) is 29.8 Å². The highest BCUT2D eigenvalue weighted by molar-refractivity contribution is 9.10. The molecule has 98 valence electrons. The first-order chi connectivity index (χ1) is 9.08. The molecule has 3 nitrogen and oxygen atoms in total. The van der Waals surface area contributed by atoms with Crippen LogP contribution in [0.5, 0.6) is 5.75 Å². The first-order valence-corrected chi connectivity index (χ1v) is 6.64. The Bertz CT molecular complexity index is 596. The molecule has 0 aliphatic carbocycles. The maximum atomic E-state index is 11.1. The molecule has 0 unspecified atom stereocenters. The van der Waals surface area contributed by atoms with Gasteiger partial charge in [-0.3, -0.25) is 0 Å². The molecule has 0 heterocycles. The zero-order chi connectivity index (χ0) is 13.8. The molecule has 0 bridgehead atoms. The fourth-order valence-corrected chi connectivity index (χ4v) is 2.17. The van der Waals surface area contributed by atoms with Crippen LogP contribution in [0.4, 0.5) is 0 Å². The maximum absolute atomic E-state index is 11.1. The molecule has 0 aliphatic heterocycles. The molecular weight excluding hydrogens is 332 g/mol. The number of ether oxygens (including phenoxy) is 1. The van der Waals surface area contributed by atoms with Crippen molar-refractivity contribution in [3.8, 4) is 5.75 Å². The second-order valence-corrected chi connectivity index (χ2v) is 5.13. The average molecular weight is 342 g/mol. The molecule has 2 aromatic carbocycles. The van der Waals surface area contributed by atoms with E-state index < -0.39 is 5.97 Å². The second-order valence-electron chi connectivity index (χ2n) is 3.84. The molecule has 19 heavy (non-hydrogen) atoms. The molecule has 0 spiro atoms. The standard InChI is InChI=1S/C14H10BrClO3/c15-12-3-1-2-11(14(17)18)13(12)19-8-9-4-6-10(16)7-5-9/h1-7H,8H2,(H,17,18). The fraction of sp³-hybridized carbons (Fsp3) is 0.0714. The summed E-state index contributed by atoms with van der Waals surface area (Å²) in [6.45, 7) is 0.278. The number of carboxylic acids is 1. The highest BCUT2D eigenvalue weighted by atomic mass is 79.9. The molecule has 1 N–H and O–H groups in total. The average Bonchev–Trinajstić information content (AvgIpc) is 2.39. The fourth-order valence-electron chi connectivity index (χ4n) is 1.56. The molecule has 0 aliphatic rings. The van der Waals surface area contributed by atoms with Gasteiger partial charge in [0.1, 0.15) is 17.9 Å². The minimum absolute atomic E-state index is 0.128. The van der Waals surface area contributed by atoms with Crippen molar-refractivity contribution >= 4 is 33.5 Å². The van der Waals surface area contributed by atoms with Gasteiger partial charge in [-0.05, 0) is 45.8 Å². The van der Waals surface area contributed by atoms with Crippen molar-refractivity contribution in [3.05, 3.63) is 63.1 Å². The lowest BCUT2D eigenvalue weighted by Crippen LogP contribution is -2.04. The summed E-state index contributed by atoms with van der Waals surface area (Å²) < 4.78 is 6.20. The molecule has 5 heteroatoms. The Balaban J connectivity index is 2.19. The van der Waals surface area contributed by atoms with Crippen LogP contribution in [0.2, 0.25) is 5.02 Å². The number of para-hydroxylation sites is 1. The van der Waals surface area contributed by atoms with Crippen LogP contribution in [0, 0.1) is 0 Å². The third kappa shape index (κ3) is 3.49. The van der Waals surface area contributed by atoms with Gasteiger partial charge >= 0.3 is 5.97 Å². The predicted octanol–water partition coefficient (Wildman–Crippen LogP) is 4.38. The monoisotopic (exact) mass is 340 g/mol. The lowest BCUT2D eigenvalue weighted by molar-refractivity contribution is 0.0691. The summed E-state index contributed by atoms with van der Waals surface area (Å²) in [5.41, 5.74) is 1.04. The minimum Gasteiger partial charge on any atom is -0.487 e. The quantitative estimate of drug-likeness (QED) is 0.897. The highest BCUT2D eigenvalue weighted by Gasteiger charge is 2.14. The highest BCUT2D eigenvalue weighted by Crippen LogP contribution is 2.29. The van der Waals surface area contributed by atoms with Crippen LogP contribution in [-0.2, 0) is 6.61 Å². The molecule has 0 radical (unpaired) electrons. The van der Waals surface area contributed by atoms with Crippen molar-refractivity contribution in [2.75, 3.05) is 0 Å². The number of rotatable bonds is 4. The SMILES string of the molecule is O=C(O)c1cccc(Br)c1OCc1ccc(Cl)cc1. The van der Waals surface area contributed by atoms with E-state index >= 15 is 0 Å². The molecule has 0 atom stereocenters. The Kier molecular flexibility index (Phi) is 4.45. The number of hydrogen-bond donors (Lipinski definition) is 1. The van der Waals surface area contributed by atoms with Crippen LogP contribution >= 0.6 is 27.5 Å². The van der Waals surface area contributed by atoms with Crippen LogP contribution in [0.1, 0.15) is 15.9 Å². The van der Waals surface area contributed by atoms with E-state index in [1.165, 1.54) is 6.07 Å². The zero-order valence-corrected chi connectivity index (χ0v) is 12.1. The topological polar surface area (TPSA) is 46.5 Å². The first-order valence-electron chi connectivity index (χ1n) is 5.47. The van der Waals surface area contributed by atoms with E-state index in [1.807, 2.05) is 12.1 Å². The molecule has 0 aromatic heterocycles. The Hall–Kier alpha value is -1.52. The van der Waals surface area contributed by atoms with Crippen LogP contribution in [-0.4, -0.2) is 11.1 Å². The third-order valence-corrected chi connectivity index (χ3v) is 3.37. The van der Waals surface area contributed by atoms with Gasteiger partial charge in [-0.15, -0.1) is 0 Å². The molecule has 0 saturated carbocycles. The Morgan fingerprint density at radius 1 is 1.21 bits per heavy atom. The summed E-state index contributed by atoms with van der Waals surface area (Å²) in [6.07, 6.45) is 0. The number of hydrogen-bond acceptors (Lipinski definition) is 2. The van der Waals surface area contributed by atoms with Crippen molar-refractivity contribution < 1.29 is 14.6 Å². The van der Waals surface area contributed by atoms with E-state index in [0.717, 1.165) is 5.56 Å². The lowest BCUT2D eigenvalue weighted by Gasteiger charge is -2.11. The molecule has 0 fully saturated rings. The van der Waals surface area contributed by atoms with E-state index in [2.05, 4.69) is 15.9 Å². The van der Waals surface area contributed by atoms with Crippen LogP contribution in [0.15, 0.2) is 46.9 Å². The largest absolute Gasteiger partial charge is 0.487 e. The number of carbonyl (C=O) groups is 1. The number of halogens is 2. The van der Waals surface area contributed by atoms with Crippen molar-refractivity contribution in [1.82, 2.24) is 0 Å². The van der Waals surface area contributed by atoms with Gasteiger partial charge in [-0.2, -0.15) is 0 Å². The van der Waals surface area contributed by atoms with Gasteiger partial charge in [0.2, 0.25) is 0 Å². The van der Waals surface area contributed by atoms with E-state index in [-0.39, 0.29) is 12.2 Å². The van der Waals surface area contributed by atoms with E-state index in [4.69, 9.17) is 21.4 Å². The smallest absolute Gasteiger partial charge is 0.339 e. The summed E-state index contributed by atoms with van der Waals surface area (Å²) in [7, 11) is 0. The van der Waals surface area contributed by atoms with Gasteiger partial charge in [0.05, 0.1) is 4.47 Å². The summed E-state index contributed by atoms with van der Waals surface area (Å²) in [6, 6.07) is 12.1. The molecule has 2 aromatic rings. The van der Waals surface area contributed by atoms with Gasteiger partial charge in [-0.25, -0.2) is 4.79 Å². The lowest BCUT2D eigenvalue weighted by atomic mass is 10.2. The molecule has 0 amide bonds. The maximum Gasteiger partial charge on any atom is 0.339 e. The zero-order valence-electron chi connectivity index (χ0n) is 9.77. The van der Waals surface area contributed by atoms with Crippen molar-refractivity contribution in [2.45, 2.75) is 6.61 Å². The van der Waals surface area contributed by atoms with Gasteiger partial charge < -0.3 is 9.84 Å². The minimum atomic E-state index is -1.02. The van der Waals surface area contributed by atoms with Crippen molar-refractivity contribution in [3.63, 3.8) is 0 Å². The Morgan fingerprint density at radius 3 is 2.53 bits per heavy atom. The normalized spacial score (nSPS) is 10.2. The van der Waals surface area contributed by atoms with Crippen molar-refractivity contribution in [1.29, 1.82) is 0 Å². The molecule has 2 rings (SSSR count). The van der Waals surface area contributed by atoms with E-state index in [0.29, 0.717) is 15.2 Å². The van der Waals surface area contributed by atoms with Crippen LogP contribution < -0.4 is 4.74 Å². The summed E-state index contributed by atoms with van der Waals surface area (Å²) >= 11 is 9.09. The molecule has 0 saturated heterocycles. The Morgan fingerprint density at radius 2 is 1.89 bits per heavy atom. The van der Waals surface area contributed by atoms with Gasteiger partial charge in [0, 0.05) is 5.02 Å². The van der Waals surface area contributed by atoms with Crippen LogP contribution in [0.3, 0.4) is 0 Å². The third-order valence-electron chi connectivity index (χ3n) is 2.49. The van der Waals surface area contributed by atoms with E-state index in [9.17, 15) is 4.79 Å². The van der Waals surface area contributed by atoms with E-state index in [1.54, 1.807) is 24.3 Å². The van der Waals surface area contributed by atoms with Gasteiger partial charge in [0.15, 0.2) is 0 Å². The number of aromatic carboxylic acids is 1. The summed E-state index contributed by atoms with van der Waals surface area (Å²) in [4.78, 5) is 11.1. The van der Waals surface area contributed by atoms with Gasteiger partial charge in [0.25, 0.3) is 0 Å². The second kappa shape index (κ2) is 6.08. The van der Waals surface area contributed by atoms with Crippen LogP contribution in [0.25, 0.3) is 0 Å². The molecular formula is C14H10BrClO3. The Labute approximate surface area is 123 Å². The number of carboxylic acid groups (broad SMARTS) is 1.